The van der Waals surface area contributed by atoms with Gasteiger partial charge in [0.15, 0.2) is 0 Å². The van der Waals surface area contributed by atoms with Crippen molar-refractivity contribution in [2.75, 3.05) is 10.6 Å². The van der Waals surface area contributed by atoms with E-state index in [-0.39, 0.29) is 11.8 Å². The summed E-state index contributed by atoms with van der Waals surface area (Å²) in [7, 11) is 0. The van der Waals surface area contributed by atoms with Gasteiger partial charge in [-0.3, -0.25) is 20.2 Å². The second-order valence-electron chi connectivity index (χ2n) is 11.5. The zero-order chi connectivity index (χ0) is 30.3. The van der Waals surface area contributed by atoms with Crippen LogP contribution in [0.15, 0.2) is 54.6 Å². The van der Waals surface area contributed by atoms with Gasteiger partial charge in [0, 0.05) is 30.9 Å². The third-order valence-electron chi connectivity index (χ3n) is 5.15. The highest BCUT2D eigenvalue weighted by Crippen LogP contribution is 2.28. The van der Waals surface area contributed by atoms with Gasteiger partial charge in [-0.05, 0) is 89.9 Å². The van der Waals surface area contributed by atoms with Crippen molar-refractivity contribution in [2.45, 2.75) is 79.1 Å². The lowest BCUT2D eigenvalue weighted by atomic mass is 9.89. The van der Waals surface area contributed by atoms with Gasteiger partial charge in [-0.2, -0.15) is 0 Å². The first-order chi connectivity index (χ1) is 18.3. The number of hydrogen-bond acceptors (Lipinski definition) is 6. The van der Waals surface area contributed by atoms with Crippen LogP contribution in [-0.4, -0.2) is 35.2 Å². The third-order valence-corrected chi connectivity index (χ3v) is 5.15. The summed E-state index contributed by atoms with van der Waals surface area (Å²) in [6.07, 6.45) is 0.575. The quantitative estimate of drug-likeness (QED) is 0.337. The molecule has 2 aromatic rings. The molecule has 0 bridgehead atoms. The van der Waals surface area contributed by atoms with Crippen molar-refractivity contribution in [3.8, 4) is 0 Å². The summed E-state index contributed by atoms with van der Waals surface area (Å²) < 4.78 is 10.6. The van der Waals surface area contributed by atoms with Crippen LogP contribution >= 0.6 is 0 Å². The fourth-order valence-electron chi connectivity index (χ4n) is 3.70. The third kappa shape index (κ3) is 10.8. The van der Waals surface area contributed by atoms with Crippen molar-refractivity contribution >= 4 is 41.1 Å². The molecule has 0 spiro atoms. The maximum absolute atomic E-state index is 12.2. The summed E-state index contributed by atoms with van der Waals surface area (Å²) in [6.45, 7) is 15.2. The molecule has 10 nitrogen and oxygen atoms in total. The van der Waals surface area contributed by atoms with Gasteiger partial charge in [0.1, 0.15) is 11.2 Å². The number of hydrogen-bond donors (Lipinski definition) is 4. The van der Waals surface area contributed by atoms with E-state index >= 15 is 0 Å². The number of amides is 4. The van der Waals surface area contributed by atoms with Gasteiger partial charge in [-0.25, -0.2) is 9.59 Å². The normalized spacial score (nSPS) is 13.4. The van der Waals surface area contributed by atoms with Gasteiger partial charge in [0.2, 0.25) is 11.8 Å². The molecule has 0 heterocycles. The zero-order valence-corrected chi connectivity index (χ0v) is 24.6. The van der Waals surface area contributed by atoms with Crippen molar-refractivity contribution < 1.29 is 28.7 Å². The minimum absolute atomic E-state index is 0.284. The molecule has 0 radical (unpaired) electrons. The standard InChI is InChI=1S/C30H40N4O6/c1-19(35)31-25(21-10-14-23(15-11-21)32-26(37)39-28(3,4)5)18-30(9,34-20(2)36)22-12-16-24(17-13-22)33-27(38)40-29(6,7)8/h10-18H,1-9H3,(H,31,35)(H,32,37)(H,33,38)(H,34,36)/b25-18-. The van der Waals surface area contributed by atoms with Crippen LogP contribution in [0.3, 0.4) is 0 Å². The molecule has 0 saturated carbocycles. The van der Waals surface area contributed by atoms with E-state index in [1.807, 2.05) is 0 Å². The average Bonchev–Trinajstić information content (AvgIpc) is 2.76. The van der Waals surface area contributed by atoms with Gasteiger partial charge in [-0.1, -0.05) is 24.3 Å². The Hall–Kier alpha value is -4.34. The van der Waals surface area contributed by atoms with Gasteiger partial charge in [0.25, 0.3) is 0 Å². The Morgan fingerprint density at radius 2 is 1.07 bits per heavy atom. The number of ether oxygens (including phenoxy) is 2. The van der Waals surface area contributed by atoms with Crippen LogP contribution in [0.1, 0.15) is 73.4 Å². The minimum atomic E-state index is -1.04. The molecule has 216 valence electrons. The number of anilines is 2. The Morgan fingerprint density at radius 3 is 1.45 bits per heavy atom. The summed E-state index contributed by atoms with van der Waals surface area (Å²) >= 11 is 0. The first-order valence-electron chi connectivity index (χ1n) is 12.9. The van der Waals surface area contributed by atoms with Crippen LogP contribution in [0, 0.1) is 0 Å². The van der Waals surface area contributed by atoms with Crippen molar-refractivity contribution in [1.29, 1.82) is 0 Å². The zero-order valence-electron chi connectivity index (χ0n) is 24.6. The Kier molecular flexibility index (Phi) is 10.1. The van der Waals surface area contributed by atoms with Crippen LogP contribution in [0.5, 0.6) is 0 Å². The van der Waals surface area contributed by atoms with Crippen molar-refractivity contribution in [1.82, 2.24) is 10.6 Å². The van der Waals surface area contributed by atoms with E-state index in [0.717, 1.165) is 0 Å². The maximum atomic E-state index is 12.2. The average molecular weight is 553 g/mol. The predicted octanol–water partition coefficient (Wildman–Crippen LogP) is 5.91. The SMILES string of the molecule is CC(=O)N/C(=C\C(C)(NC(C)=O)c1ccc(NC(=O)OC(C)(C)C)cc1)c1ccc(NC(=O)OC(C)(C)C)cc1. The van der Waals surface area contributed by atoms with E-state index in [0.29, 0.717) is 28.2 Å². The van der Waals surface area contributed by atoms with Crippen molar-refractivity contribution in [3.63, 3.8) is 0 Å². The smallest absolute Gasteiger partial charge is 0.412 e. The number of rotatable bonds is 7. The Morgan fingerprint density at radius 1 is 0.650 bits per heavy atom. The highest BCUT2D eigenvalue weighted by atomic mass is 16.6. The predicted molar refractivity (Wildman–Crippen MR) is 156 cm³/mol. The first kappa shape index (κ1) is 31.9. The summed E-state index contributed by atoms with van der Waals surface area (Å²) in [5.41, 5.74) is 0.505. The molecule has 1 atom stereocenters. The van der Waals surface area contributed by atoms with Crippen LogP contribution in [0.2, 0.25) is 0 Å². The number of nitrogens with one attached hydrogen (secondary N) is 4. The Labute approximate surface area is 235 Å². The Balaban J connectivity index is 2.39. The molecule has 4 N–H and O–H groups in total. The van der Waals surface area contributed by atoms with Crippen molar-refractivity contribution in [3.05, 3.63) is 65.7 Å². The minimum Gasteiger partial charge on any atom is -0.444 e. The number of carbonyl (C=O) groups is 4. The lowest BCUT2D eigenvalue weighted by Gasteiger charge is -2.29. The largest absolute Gasteiger partial charge is 0.444 e. The molecule has 0 saturated heterocycles. The van der Waals surface area contributed by atoms with Gasteiger partial charge in [-0.15, -0.1) is 0 Å². The van der Waals surface area contributed by atoms with Crippen LogP contribution in [0.25, 0.3) is 5.70 Å². The van der Waals surface area contributed by atoms with Gasteiger partial charge < -0.3 is 20.1 Å². The first-order valence-corrected chi connectivity index (χ1v) is 12.9. The van der Waals surface area contributed by atoms with Gasteiger partial charge in [0.05, 0.1) is 5.54 Å². The maximum Gasteiger partial charge on any atom is 0.412 e. The molecule has 2 rings (SSSR count). The monoisotopic (exact) mass is 552 g/mol. The van der Waals surface area contributed by atoms with E-state index in [4.69, 9.17) is 9.47 Å². The molecule has 40 heavy (non-hydrogen) atoms. The number of carbonyl (C=O) groups excluding carboxylic acids is 4. The summed E-state index contributed by atoms with van der Waals surface area (Å²) in [6, 6.07) is 13.7. The number of benzene rings is 2. The van der Waals surface area contributed by atoms with Crippen LogP contribution < -0.4 is 21.3 Å². The molecular weight excluding hydrogens is 512 g/mol. The van der Waals surface area contributed by atoms with Crippen LogP contribution in [0.4, 0.5) is 21.0 Å². The molecule has 2 aromatic carbocycles. The van der Waals surface area contributed by atoms with E-state index < -0.39 is 28.9 Å². The van der Waals surface area contributed by atoms with E-state index in [9.17, 15) is 19.2 Å². The molecule has 10 heteroatoms. The molecular formula is C30H40N4O6. The second kappa shape index (κ2) is 12.7. The van der Waals surface area contributed by atoms with E-state index in [1.54, 1.807) is 103 Å². The van der Waals surface area contributed by atoms with Gasteiger partial charge >= 0.3 is 12.2 Å². The molecule has 0 fully saturated rings. The lowest BCUT2D eigenvalue weighted by Crippen LogP contribution is -2.41. The van der Waals surface area contributed by atoms with E-state index in [2.05, 4.69) is 21.3 Å². The molecule has 0 aliphatic heterocycles. The fourth-order valence-corrected chi connectivity index (χ4v) is 3.70. The molecule has 0 aromatic heterocycles. The molecule has 4 amide bonds. The molecule has 0 aliphatic rings. The lowest BCUT2D eigenvalue weighted by molar-refractivity contribution is -0.120. The molecule has 0 aliphatic carbocycles. The summed E-state index contributed by atoms with van der Waals surface area (Å²) in [4.78, 5) is 48.6. The fraction of sp³-hybridized carbons (Fsp3) is 0.400. The van der Waals surface area contributed by atoms with Crippen molar-refractivity contribution in [2.24, 2.45) is 0 Å². The molecule has 1 unspecified atom stereocenters. The highest BCUT2D eigenvalue weighted by molar-refractivity contribution is 5.88. The topological polar surface area (TPSA) is 135 Å². The van der Waals surface area contributed by atoms with Crippen LogP contribution in [-0.2, 0) is 24.6 Å². The second-order valence-corrected chi connectivity index (χ2v) is 11.5. The Bertz CT molecular complexity index is 1260. The highest BCUT2D eigenvalue weighted by Gasteiger charge is 2.27. The summed E-state index contributed by atoms with van der Waals surface area (Å²) in [5.74, 6) is -0.585. The van der Waals surface area contributed by atoms with E-state index in [1.165, 1.54) is 13.8 Å². The summed E-state index contributed by atoms with van der Waals surface area (Å²) in [5, 5.41) is 11.1.